The summed E-state index contributed by atoms with van der Waals surface area (Å²) in [5, 5.41) is 0. The Morgan fingerprint density at radius 2 is 1.32 bits per heavy atom. The highest BCUT2D eigenvalue weighted by atomic mass is 32.2. The van der Waals surface area contributed by atoms with Crippen LogP contribution in [0.4, 0.5) is 5.69 Å². The Kier molecular flexibility index (Phi) is 13.9. The lowest BCUT2D eigenvalue weighted by molar-refractivity contribution is 1.21. The van der Waals surface area contributed by atoms with Crippen molar-refractivity contribution >= 4 is 41.1 Å². The molecule has 0 fully saturated rings. The second-order valence-electron chi connectivity index (χ2n) is 9.16. The Bertz CT molecular complexity index is 1450. The van der Waals surface area contributed by atoms with E-state index < -0.39 is 0 Å². The summed E-state index contributed by atoms with van der Waals surface area (Å²) in [6, 6.07) is 29.1. The molecule has 3 aromatic carbocycles. The standard InChI is InChI=1S/C35H36N2S.C3H6/c1-8-17-26(3)27(4)35(38-7)32(18-9-2)30-23-16-24-31(25-30)37(6)34(29-21-14-11-15-22-29)33(36-5)28-19-12-10-13-20-28;1-3-2/h8-25H,1-2,5H2,3-4,6-7H3;3H,1H2,2H3/b26-17+,32-18-,34-33-,35-27-;. The van der Waals surface area contributed by atoms with E-state index in [0.29, 0.717) is 0 Å². The predicted molar refractivity (Wildman–Crippen MR) is 188 cm³/mol. The lowest BCUT2D eigenvalue weighted by Gasteiger charge is -2.26. The Morgan fingerprint density at radius 3 is 1.83 bits per heavy atom. The Balaban J connectivity index is 0.00000187. The third kappa shape index (κ3) is 8.83. The number of thioether (sulfide) groups is 1. The zero-order valence-electron chi connectivity index (χ0n) is 25.1. The Labute approximate surface area is 252 Å². The van der Waals surface area contributed by atoms with Crippen LogP contribution >= 0.6 is 11.8 Å². The van der Waals surface area contributed by atoms with Gasteiger partial charge in [0.1, 0.15) is 0 Å². The molecule has 3 rings (SSSR count). The van der Waals surface area contributed by atoms with Gasteiger partial charge in [-0.25, -0.2) is 0 Å². The number of aliphatic imine (C=N–C) groups is 1. The number of allylic oxidation sites excluding steroid dienone is 8. The number of hydrogen-bond acceptors (Lipinski definition) is 3. The van der Waals surface area contributed by atoms with Crippen LogP contribution in [0.5, 0.6) is 0 Å². The van der Waals surface area contributed by atoms with Crippen LogP contribution in [0.15, 0.2) is 156 Å². The molecule has 0 aliphatic carbocycles. The van der Waals surface area contributed by atoms with Crippen LogP contribution in [-0.4, -0.2) is 20.0 Å². The molecule has 0 atom stereocenters. The Morgan fingerprint density at radius 1 is 0.780 bits per heavy atom. The molecular formula is C38H42N2S. The average Bonchev–Trinajstić information content (AvgIpc) is 3.00. The van der Waals surface area contributed by atoms with Gasteiger partial charge in [-0.05, 0) is 68.2 Å². The van der Waals surface area contributed by atoms with Crippen LogP contribution in [0, 0.1) is 0 Å². The first-order valence-corrected chi connectivity index (χ1v) is 14.7. The lowest BCUT2D eigenvalue weighted by atomic mass is 9.98. The zero-order valence-corrected chi connectivity index (χ0v) is 25.9. The van der Waals surface area contributed by atoms with Crippen LogP contribution in [0.3, 0.4) is 0 Å². The summed E-state index contributed by atoms with van der Waals surface area (Å²) < 4.78 is 0. The highest BCUT2D eigenvalue weighted by molar-refractivity contribution is 8.03. The van der Waals surface area contributed by atoms with Crippen molar-refractivity contribution in [1.82, 2.24) is 0 Å². The number of nitrogens with zero attached hydrogens (tertiary/aromatic N) is 2. The second kappa shape index (κ2) is 17.4. The molecule has 3 aromatic rings. The molecule has 0 saturated heterocycles. The van der Waals surface area contributed by atoms with Crippen LogP contribution in [0.2, 0.25) is 0 Å². The second-order valence-corrected chi connectivity index (χ2v) is 9.98. The van der Waals surface area contributed by atoms with Gasteiger partial charge in [-0.3, -0.25) is 4.99 Å². The van der Waals surface area contributed by atoms with Gasteiger partial charge in [0.2, 0.25) is 0 Å². The highest BCUT2D eigenvalue weighted by Gasteiger charge is 2.18. The van der Waals surface area contributed by atoms with Crippen molar-refractivity contribution in [2.24, 2.45) is 4.99 Å². The van der Waals surface area contributed by atoms with Gasteiger partial charge in [-0.2, -0.15) is 0 Å². The molecule has 0 aliphatic rings. The minimum Gasteiger partial charge on any atom is -0.342 e. The van der Waals surface area contributed by atoms with E-state index in [1.54, 1.807) is 17.8 Å². The van der Waals surface area contributed by atoms with Crippen molar-refractivity contribution in [3.05, 3.63) is 168 Å². The zero-order chi connectivity index (χ0) is 30.2. The molecule has 0 aromatic heterocycles. The van der Waals surface area contributed by atoms with Crippen molar-refractivity contribution in [1.29, 1.82) is 0 Å². The van der Waals surface area contributed by atoms with Gasteiger partial charge >= 0.3 is 0 Å². The van der Waals surface area contributed by atoms with E-state index in [1.165, 1.54) is 16.1 Å². The fraction of sp³-hybridized carbons (Fsp3) is 0.132. The molecule has 2 nitrogen and oxygen atoms in total. The van der Waals surface area contributed by atoms with Gasteiger partial charge in [-0.15, -0.1) is 18.3 Å². The summed E-state index contributed by atoms with van der Waals surface area (Å²) >= 11 is 1.74. The van der Waals surface area contributed by atoms with E-state index >= 15 is 0 Å². The van der Waals surface area contributed by atoms with Crippen molar-refractivity contribution in [3.8, 4) is 0 Å². The number of benzene rings is 3. The van der Waals surface area contributed by atoms with Crippen LogP contribution in [-0.2, 0) is 0 Å². The van der Waals surface area contributed by atoms with Crippen LogP contribution in [0.1, 0.15) is 37.5 Å². The normalized spacial score (nSPS) is 12.6. The van der Waals surface area contributed by atoms with Gasteiger partial charge in [-0.1, -0.05) is 116 Å². The number of anilines is 1. The first-order chi connectivity index (χ1) is 19.9. The van der Waals surface area contributed by atoms with Gasteiger partial charge in [0.25, 0.3) is 0 Å². The maximum atomic E-state index is 4.51. The topological polar surface area (TPSA) is 15.6 Å². The summed E-state index contributed by atoms with van der Waals surface area (Å²) in [5.74, 6) is 0. The number of hydrogen-bond donors (Lipinski definition) is 0. The monoisotopic (exact) mass is 558 g/mol. The van der Waals surface area contributed by atoms with E-state index in [1.807, 2.05) is 61.5 Å². The largest absolute Gasteiger partial charge is 0.342 e. The fourth-order valence-electron chi connectivity index (χ4n) is 4.36. The van der Waals surface area contributed by atoms with E-state index in [4.69, 9.17) is 0 Å². The molecule has 0 radical (unpaired) electrons. The molecule has 0 aliphatic heterocycles. The van der Waals surface area contributed by atoms with Gasteiger partial charge in [0.05, 0.1) is 11.4 Å². The van der Waals surface area contributed by atoms with Crippen molar-refractivity contribution < 1.29 is 0 Å². The Hall–Kier alpha value is -4.34. The maximum Gasteiger partial charge on any atom is 0.0937 e. The number of rotatable bonds is 11. The molecule has 0 N–H and O–H groups in total. The molecule has 0 saturated carbocycles. The van der Waals surface area contributed by atoms with Crippen molar-refractivity contribution in [3.63, 3.8) is 0 Å². The van der Waals surface area contributed by atoms with E-state index in [9.17, 15) is 0 Å². The minimum absolute atomic E-state index is 0.831. The fourth-order valence-corrected chi connectivity index (χ4v) is 5.24. The summed E-state index contributed by atoms with van der Waals surface area (Å²) in [5.41, 5.74) is 9.60. The first kappa shape index (κ1) is 32.9. The van der Waals surface area contributed by atoms with E-state index in [2.05, 4.69) is 118 Å². The molecule has 41 heavy (non-hydrogen) atoms. The summed E-state index contributed by atoms with van der Waals surface area (Å²) in [4.78, 5) is 7.91. The SMILES string of the molecule is C=CC.C=C\C=C(/C(SC)=C(C)/C(C)=C/C=C)c1cccc(N(C)/C(=C(\N=C)c2ccccc2)c2ccccc2)c1. The molecule has 3 heteroatoms. The maximum absolute atomic E-state index is 4.51. The third-order valence-corrected chi connectivity index (χ3v) is 7.32. The quantitative estimate of drug-likeness (QED) is 0.101. The lowest BCUT2D eigenvalue weighted by Crippen LogP contribution is -2.17. The summed E-state index contributed by atoms with van der Waals surface area (Å²) in [6.45, 7) is 21.3. The summed E-state index contributed by atoms with van der Waals surface area (Å²) in [7, 11) is 2.08. The smallest absolute Gasteiger partial charge is 0.0937 e. The van der Waals surface area contributed by atoms with Gasteiger partial charge < -0.3 is 4.90 Å². The molecule has 0 heterocycles. The minimum atomic E-state index is 0.831. The molecule has 0 bridgehead atoms. The van der Waals surface area contributed by atoms with Gasteiger partial charge in [0, 0.05) is 28.8 Å². The molecule has 0 spiro atoms. The molecular weight excluding hydrogens is 516 g/mol. The first-order valence-electron chi connectivity index (χ1n) is 13.5. The third-order valence-electron chi connectivity index (χ3n) is 6.39. The highest BCUT2D eigenvalue weighted by Crippen LogP contribution is 2.38. The van der Waals surface area contributed by atoms with Crippen molar-refractivity contribution in [2.45, 2.75) is 20.8 Å². The molecule has 0 amide bonds. The van der Waals surface area contributed by atoms with Crippen LogP contribution in [0.25, 0.3) is 17.0 Å². The van der Waals surface area contributed by atoms with E-state index in [0.717, 1.165) is 39.3 Å². The average molecular weight is 559 g/mol. The molecule has 210 valence electrons. The van der Waals surface area contributed by atoms with Crippen LogP contribution < -0.4 is 4.90 Å². The van der Waals surface area contributed by atoms with Gasteiger partial charge in [0.15, 0.2) is 0 Å². The van der Waals surface area contributed by atoms with Crippen molar-refractivity contribution in [2.75, 3.05) is 18.2 Å². The van der Waals surface area contributed by atoms with E-state index in [-0.39, 0.29) is 0 Å². The summed E-state index contributed by atoms with van der Waals surface area (Å²) in [6.07, 6.45) is 11.7. The predicted octanol–water partition coefficient (Wildman–Crippen LogP) is 10.9. The molecule has 0 unspecified atom stereocenters.